The van der Waals surface area contributed by atoms with Gasteiger partial charge in [0.25, 0.3) is 0 Å². The van der Waals surface area contributed by atoms with Gasteiger partial charge in [0.05, 0.1) is 30.3 Å². The van der Waals surface area contributed by atoms with Crippen molar-refractivity contribution in [1.82, 2.24) is 0 Å². The number of furan rings is 1. The highest BCUT2D eigenvalue weighted by Gasteiger charge is 2.43. The molecule has 7 unspecified atom stereocenters. The van der Waals surface area contributed by atoms with E-state index in [4.69, 9.17) is 51.0 Å². The molecule has 0 bridgehead atoms. The zero-order valence-corrected chi connectivity index (χ0v) is 36.8. The fourth-order valence-corrected chi connectivity index (χ4v) is 8.83. The first-order valence-corrected chi connectivity index (χ1v) is 24.3. The van der Waals surface area contributed by atoms with Gasteiger partial charge in [0.1, 0.15) is 61.3 Å². The van der Waals surface area contributed by atoms with Crippen molar-refractivity contribution < 1.29 is 53.6 Å². The number of rotatable bonds is 30. The molecule has 13 N–H and O–H groups in total. The van der Waals surface area contributed by atoms with Crippen LogP contribution >= 0.6 is 47.0 Å². The molecule has 0 radical (unpaired) electrons. The Balaban J connectivity index is 1.72. The molecular formula is C40H62N4O11S4. The van der Waals surface area contributed by atoms with Crippen LogP contribution < -0.4 is 46.6 Å². The summed E-state index contributed by atoms with van der Waals surface area (Å²) in [4.78, 5) is 0. The van der Waals surface area contributed by atoms with E-state index in [-0.39, 0.29) is 32.2 Å². The minimum absolute atomic E-state index is 0.00953. The molecule has 15 nitrogen and oxygen atoms in total. The molecule has 1 aliphatic rings. The molecule has 59 heavy (non-hydrogen) atoms. The van der Waals surface area contributed by atoms with Crippen LogP contribution in [0.1, 0.15) is 34.7 Å². The number of fused-ring (bicyclic) bond motifs is 1. The Morgan fingerprint density at radius 3 is 1.59 bits per heavy atom. The second-order valence-electron chi connectivity index (χ2n) is 13.8. The van der Waals surface area contributed by atoms with Crippen molar-refractivity contribution in [2.24, 2.45) is 22.9 Å². The number of ether oxygens (including phenoxy) is 5. The number of aryl methyl sites for hydroxylation is 1. The third-order valence-corrected chi connectivity index (χ3v) is 13.3. The average Bonchev–Trinajstić information content (AvgIpc) is 3.66. The maximum atomic E-state index is 12.3. The number of aliphatic hydroxyl groups is 5. The van der Waals surface area contributed by atoms with Crippen LogP contribution in [-0.4, -0.2) is 155 Å². The van der Waals surface area contributed by atoms with E-state index >= 15 is 0 Å². The van der Waals surface area contributed by atoms with Gasteiger partial charge in [0.15, 0.2) is 17.6 Å². The van der Waals surface area contributed by atoms with Gasteiger partial charge in [0, 0.05) is 89.9 Å². The number of thioether (sulfide) groups is 4. The van der Waals surface area contributed by atoms with Crippen molar-refractivity contribution in [2.75, 3.05) is 98.6 Å². The summed E-state index contributed by atoms with van der Waals surface area (Å²) in [6.45, 7) is 3.66. The van der Waals surface area contributed by atoms with Crippen molar-refractivity contribution in [2.45, 2.75) is 49.5 Å². The SMILES string of the molecule is Cc1ccc(C2c3c(OCC(O)CSCCN)cc(OCC(O)CSCCN)cc3OC(c3ccc(OCC(O)CSCCN)c(OCC(O)CSCCN)c3)C2O)o1. The van der Waals surface area contributed by atoms with Crippen molar-refractivity contribution in [3.05, 3.63) is 65.1 Å². The van der Waals surface area contributed by atoms with Gasteiger partial charge in [-0.3, -0.25) is 0 Å². The minimum Gasteiger partial charge on any atom is -0.491 e. The fourth-order valence-electron chi connectivity index (χ4n) is 6.02. The molecule has 3 aromatic rings. The van der Waals surface area contributed by atoms with Crippen molar-refractivity contribution in [3.63, 3.8) is 0 Å². The number of aliphatic hydroxyl groups excluding tert-OH is 5. The first kappa shape index (κ1) is 49.4. The monoisotopic (exact) mass is 902 g/mol. The van der Waals surface area contributed by atoms with Gasteiger partial charge in [-0.25, -0.2) is 0 Å². The molecule has 7 atom stereocenters. The van der Waals surface area contributed by atoms with Gasteiger partial charge < -0.3 is 76.6 Å². The molecular weight excluding hydrogens is 841 g/mol. The molecule has 0 fully saturated rings. The second-order valence-corrected chi connectivity index (χ2v) is 18.4. The highest BCUT2D eigenvalue weighted by atomic mass is 32.2. The Morgan fingerprint density at radius 1 is 0.610 bits per heavy atom. The first-order chi connectivity index (χ1) is 28.6. The molecule has 0 saturated carbocycles. The molecule has 1 aliphatic heterocycles. The predicted octanol–water partition coefficient (Wildman–Crippen LogP) is 1.94. The summed E-state index contributed by atoms with van der Waals surface area (Å²) in [7, 11) is 0. The largest absolute Gasteiger partial charge is 0.491 e. The standard InChI is InChI=1S/C40H62N4O11S4/c1-25-2-4-33(54-25)38-37-35(53-20-30(48)24-59-13-9-44)15-31(50-17-27(45)21-56-10-6-41)16-36(37)55-40(39(38)49)26-3-5-32(51-18-28(46)22-57-11-7-42)34(14-26)52-19-29(47)23-58-12-8-43/h2-5,14-16,27-30,38-40,45-49H,6-13,17-24,41-44H2,1H3. The molecule has 0 spiro atoms. The molecule has 332 valence electrons. The zero-order chi connectivity index (χ0) is 42.6. The van der Waals surface area contributed by atoms with Crippen LogP contribution in [0.2, 0.25) is 0 Å². The van der Waals surface area contributed by atoms with Crippen molar-refractivity contribution >= 4 is 47.0 Å². The highest BCUT2D eigenvalue weighted by molar-refractivity contribution is 7.99. The maximum Gasteiger partial charge on any atom is 0.161 e. The highest BCUT2D eigenvalue weighted by Crippen LogP contribution is 2.52. The summed E-state index contributed by atoms with van der Waals surface area (Å²) in [5.74, 6) is 6.38. The van der Waals surface area contributed by atoms with E-state index in [0.29, 0.717) is 118 Å². The summed E-state index contributed by atoms with van der Waals surface area (Å²) in [5.41, 5.74) is 23.5. The van der Waals surface area contributed by atoms with Crippen molar-refractivity contribution in [3.8, 4) is 28.7 Å². The second kappa shape index (κ2) is 27.0. The average molecular weight is 903 g/mol. The van der Waals surface area contributed by atoms with E-state index in [1.807, 2.05) is 13.0 Å². The van der Waals surface area contributed by atoms with Crippen LogP contribution in [0.5, 0.6) is 28.7 Å². The molecule has 0 saturated heterocycles. The zero-order valence-electron chi connectivity index (χ0n) is 33.5. The van der Waals surface area contributed by atoms with E-state index in [1.54, 1.807) is 36.4 Å². The lowest BCUT2D eigenvalue weighted by molar-refractivity contribution is 0.00216. The minimum atomic E-state index is -1.23. The predicted molar refractivity (Wildman–Crippen MR) is 239 cm³/mol. The Hall–Kier alpha value is -2.24. The molecule has 4 rings (SSSR count). The molecule has 2 aromatic carbocycles. The topological polar surface area (TPSA) is 265 Å². The third-order valence-electron chi connectivity index (χ3n) is 8.68. The normalized spacial score (nSPS) is 18.4. The van der Waals surface area contributed by atoms with Gasteiger partial charge >= 0.3 is 0 Å². The summed E-state index contributed by atoms with van der Waals surface area (Å²) < 4.78 is 37.4. The Kier molecular flexibility index (Phi) is 22.6. The van der Waals surface area contributed by atoms with Gasteiger partial charge in [-0.15, -0.1) is 0 Å². The van der Waals surface area contributed by atoms with Gasteiger partial charge in [-0.2, -0.15) is 47.0 Å². The number of hydrogen-bond donors (Lipinski definition) is 9. The number of benzene rings is 2. The molecule has 0 amide bonds. The summed E-state index contributed by atoms with van der Waals surface area (Å²) in [5, 5.41) is 55.0. The third kappa shape index (κ3) is 16.2. The Morgan fingerprint density at radius 2 is 1.10 bits per heavy atom. The molecule has 0 aliphatic carbocycles. The van der Waals surface area contributed by atoms with Crippen LogP contribution in [0.3, 0.4) is 0 Å². The van der Waals surface area contributed by atoms with Gasteiger partial charge in [-0.05, 0) is 36.8 Å². The van der Waals surface area contributed by atoms with E-state index < -0.39 is 42.5 Å². The lowest BCUT2D eigenvalue weighted by Crippen LogP contribution is -2.35. The molecule has 2 heterocycles. The summed E-state index contributed by atoms with van der Waals surface area (Å²) >= 11 is 6.07. The Labute approximate surface area is 363 Å². The van der Waals surface area contributed by atoms with Crippen LogP contribution in [0, 0.1) is 6.92 Å². The number of hydrogen-bond acceptors (Lipinski definition) is 19. The number of nitrogens with two attached hydrogens (primary N) is 4. The smallest absolute Gasteiger partial charge is 0.161 e. The molecule has 19 heteroatoms. The Bertz CT molecular complexity index is 1650. The quantitative estimate of drug-likeness (QED) is 0.0433. The fraction of sp³-hybridized carbons (Fsp3) is 0.600. The van der Waals surface area contributed by atoms with E-state index in [1.165, 1.54) is 47.0 Å². The van der Waals surface area contributed by atoms with E-state index in [2.05, 4.69) is 0 Å². The van der Waals surface area contributed by atoms with Crippen LogP contribution in [0.4, 0.5) is 0 Å². The maximum absolute atomic E-state index is 12.3. The molecule has 1 aromatic heterocycles. The lowest BCUT2D eigenvalue weighted by atomic mass is 9.82. The van der Waals surface area contributed by atoms with Gasteiger partial charge in [-0.1, -0.05) is 6.07 Å². The van der Waals surface area contributed by atoms with Gasteiger partial charge in [0.2, 0.25) is 0 Å². The summed E-state index contributed by atoms with van der Waals surface area (Å²) in [6.07, 6.45) is -5.37. The first-order valence-electron chi connectivity index (χ1n) is 19.7. The summed E-state index contributed by atoms with van der Waals surface area (Å²) in [6, 6.07) is 12.1. The van der Waals surface area contributed by atoms with Crippen LogP contribution in [-0.2, 0) is 0 Å². The van der Waals surface area contributed by atoms with Crippen molar-refractivity contribution in [1.29, 1.82) is 0 Å². The van der Waals surface area contributed by atoms with E-state index in [9.17, 15) is 25.5 Å². The van der Waals surface area contributed by atoms with Crippen LogP contribution in [0.25, 0.3) is 0 Å². The van der Waals surface area contributed by atoms with E-state index in [0.717, 1.165) is 0 Å². The van der Waals surface area contributed by atoms with Crippen LogP contribution in [0.15, 0.2) is 46.9 Å². The lowest BCUT2D eigenvalue weighted by Gasteiger charge is -2.37.